The fourth-order valence-electron chi connectivity index (χ4n) is 2.18. The number of nitriles is 1. The van der Waals surface area contributed by atoms with Gasteiger partial charge >= 0.3 is 0 Å². The molecule has 1 heterocycles. The Morgan fingerprint density at radius 3 is 2.40 bits per heavy atom. The van der Waals surface area contributed by atoms with Crippen molar-refractivity contribution < 1.29 is 4.74 Å². The minimum Gasteiger partial charge on any atom is -0.493 e. The maximum absolute atomic E-state index is 9.03. The molecule has 0 spiro atoms. The van der Waals surface area contributed by atoms with Gasteiger partial charge in [-0.15, -0.1) is 12.3 Å². The summed E-state index contributed by atoms with van der Waals surface area (Å²) in [5.41, 5.74) is 2.29. The molecule has 0 amide bonds. The van der Waals surface area contributed by atoms with E-state index in [1.54, 1.807) is 0 Å². The zero-order chi connectivity index (χ0) is 14.6. The zero-order valence-corrected chi connectivity index (χ0v) is 11.8. The van der Waals surface area contributed by atoms with Gasteiger partial charge in [-0.1, -0.05) is 0 Å². The smallest absolute Gasteiger partial charge is 0.195 e. The van der Waals surface area contributed by atoms with E-state index in [0.29, 0.717) is 13.0 Å². The Balaban J connectivity index is 1.90. The van der Waals surface area contributed by atoms with Crippen LogP contribution in [0.1, 0.15) is 36.0 Å². The fraction of sp³-hybridized carbons (Fsp3) is 0.438. The lowest BCUT2D eigenvalue weighted by Crippen LogP contribution is -2.15. The van der Waals surface area contributed by atoms with Crippen molar-refractivity contribution in [1.82, 2.24) is 0 Å². The first-order valence-corrected chi connectivity index (χ1v) is 6.62. The van der Waals surface area contributed by atoms with Crippen molar-refractivity contribution in [3.05, 3.63) is 28.8 Å². The van der Waals surface area contributed by atoms with Crippen LogP contribution in [0.3, 0.4) is 0 Å². The lowest BCUT2D eigenvalue weighted by molar-refractivity contribution is 0.283. The monoisotopic (exact) mass is 267 g/mol. The van der Waals surface area contributed by atoms with E-state index in [2.05, 4.69) is 22.2 Å². The lowest BCUT2D eigenvalue weighted by atomic mass is 10.0. The lowest BCUT2D eigenvalue weighted by Gasteiger charge is -2.12. The van der Waals surface area contributed by atoms with Crippen molar-refractivity contribution in [1.29, 1.82) is 5.26 Å². The first kappa shape index (κ1) is 14.1. The molecule has 102 valence electrons. The highest BCUT2D eigenvalue weighted by molar-refractivity contribution is 5.47. The average Bonchev–Trinajstić information content (AvgIpc) is 3.17. The molecule has 4 heteroatoms. The van der Waals surface area contributed by atoms with E-state index in [1.165, 1.54) is 0 Å². The van der Waals surface area contributed by atoms with Crippen LogP contribution in [-0.2, 0) is 0 Å². The minimum absolute atomic E-state index is 0.303. The van der Waals surface area contributed by atoms with E-state index in [1.807, 2.05) is 26.0 Å². The first-order valence-electron chi connectivity index (χ1n) is 6.62. The SMILES string of the molecule is C#CCCC1(CCOc2cc(C)c(C#N)c(C)c2)N=N1. The van der Waals surface area contributed by atoms with Gasteiger partial charge < -0.3 is 4.74 Å². The number of hydrogen-bond donors (Lipinski definition) is 0. The Morgan fingerprint density at radius 2 is 1.90 bits per heavy atom. The summed E-state index contributed by atoms with van der Waals surface area (Å²) in [5.74, 6) is 3.39. The standard InChI is InChI=1S/C16H17N3O/c1-4-5-6-16(18-19-16)7-8-20-14-9-12(2)15(11-17)13(3)10-14/h1,9-10H,5-8H2,2-3H3. The summed E-state index contributed by atoms with van der Waals surface area (Å²) in [6.07, 6.45) is 7.47. The van der Waals surface area contributed by atoms with E-state index in [0.717, 1.165) is 35.3 Å². The summed E-state index contributed by atoms with van der Waals surface area (Å²) in [4.78, 5) is 0. The molecule has 0 N–H and O–H groups in total. The van der Waals surface area contributed by atoms with Gasteiger partial charge in [-0.25, -0.2) is 0 Å². The largest absolute Gasteiger partial charge is 0.493 e. The summed E-state index contributed by atoms with van der Waals surface area (Å²) in [5, 5.41) is 17.2. The molecule has 1 aromatic rings. The molecule has 0 unspecified atom stereocenters. The number of aryl methyl sites for hydroxylation is 2. The Hall–Kier alpha value is -2.33. The van der Waals surface area contributed by atoms with Gasteiger partial charge in [-0.05, 0) is 37.1 Å². The molecule has 0 atom stereocenters. The number of benzene rings is 1. The average molecular weight is 267 g/mol. The molecule has 0 saturated heterocycles. The van der Waals surface area contributed by atoms with Gasteiger partial charge in [-0.3, -0.25) is 0 Å². The minimum atomic E-state index is -0.303. The van der Waals surface area contributed by atoms with E-state index in [-0.39, 0.29) is 5.66 Å². The number of nitrogens with zero attached hydrogens (tertiary/aromatic N) is 3. The Labute approximate surface area is 119 Å². The highest BCUT2D eigenvalue weighted by Gasteiger charge is 2.38. The van der Waals surface area contributed by atoms with Crippen LogP contribution in [0.25, 0.3) is 0 Å². The van der Waals surface area contributed by atoms with Gasteiger partial charge in [0.25, 0.3) is 0 Å². The quantitative estimate of drug-likeness (QED) is 0.740. The Bertz CT molecular complexity index is 591. The molecule has 4 nitrogen and oxygen atoms in total. The van der Waals surface area contributed by atoms with E-state index in [4.69, 9.17) is 16.4 Å². The summed E-state index contributed by atoms with van der Waals surface area (Å²) < 4.78 is 5.74. The van der Waals surface area contributed by atoms with Gasteiger partial charge in [0.2, 0.25) is 0 Å². The molecule has 0 bridgehead atoms. The van der Waals surface area contributed by atoms with Gasteiger partial charge in [0.15, 0.2) is 5.66 Å². The van der Waals surface area contributed by atoms with Crippen molar-refractivity contribution in [2.75, 3.05) is 6.61 Å². The van der Waals surface area contributed by atoms with E-state index in [9.17, 15) is 0 Å². The fourth-order valence-corrected chi connectivity index (χ4v) is 2.18. The number of terminal acetylenes is 1. The van der Waals surface area contributed by atoms with Crippen LogP contribution in [0.15, 0.2) is 22.4 Å². The summed E-state index contributed by atoms with van der Waals surface area (Å²) in [7, 11) is 0. The van der Waals surface area contributed by atoms with Crippen LogP contribution in [0.4, 0.5) is 0 Å². The third-order valence-electron chi connectivity index (χ3n) is 3.44. The number of rotatable bonds is 6. The molecule has 0 saturated carbocycles. The van der Waals surface area contributed by atoms with Gasteiger partial charge in [-0.2, -0.15) is 15.5 Å². The Morgan fingerprint density at radius 1 is 1.25 bits per heavy atom. The molecule has 1 aromatic carbocycles. The van der Waals surface area contributed by atoms with Gasteiger partial charge in [0.05, 0.1) is 18.2 Å². The second-order valence-corrected chi connectivity index (χ2v) is 5.03. The van der Waals surface area contributed by atoms with Gasteiger partial charge in [0.1, 0.15) is 5.75 Å². The van der Waals surface area contributed by atoms with Crippen LogP contribution in [-0.4, -0.2) is 12.3 Å². The van der Waals surface area contributed by atoms with Crippen molar-refractivity contribution in [2.24, 2.45) is 10.2 Å². The molecule has 2 rings (SSSR count). The first-order chi connectivity index (χ1) is 9.60. The zero-order valence-electron chi connectivity index (χ0n) is 11.8. The van der Waals surface area contributed by atoms with Crippen LogP contribution in [0.2, 0.25) is 0 Å². The number of ether oxygens (including phenoxy) is 1. The maximum Gasteiger partial charge on any atom is 0.195 e. The van der Waals surface area contributed by atoms with E-state index < -0.39 is 0 Å². The van der Waals surface area contributed by atoms with Crippen LogP contribution in [0, 0.1) is 37.5 Å². The van der Waals surface area contributed by atoms with Crippen molar-refractivity contribution in [3.8, 4) is 24.2 Å². The second-order valence-electron chi connectivity index (χ2n) is 5.03. The highest BCUT2D eigenvalue weighted by Crippen LogP contribution is 2.36. The predicted octanol–water partition coefficient (Wildman–Crippen LogP) is 3.52. The van der Waals surface area contributed by atoms with Crippen molar-refractivity contribution in [3.63, 3.8) is 0 Å². The third-order valence-corrected chi connectivity index (χ3v) is 3.44. The molecule has 0 fully saturated rings. The van der Waals surface area contributed by atoms with Crippen LogP contribution < -0.4 is 4.74 Å². The molecular formula is C16H17N3O. The normalized spacial score (nSPS) is 14.4. The highest BCUT2D eigenvalue weighted by atomic mass is 16.5. The Kier molecular flexibility index (Phi) is 4.05. The number of hydrogen-bond acceptors (Lipinski definition) is 4. The predicted molar refractivity (Wildman–Crippen MR) is 76.4 cm³/mol. The molecule has 1 aliphatic heterocycles. The molecule has 1 aliphatic rings. The molecule has 0 radical (unpaired) electrons. The summed E-state index contributed by atoms with van der Waals surface area (Å²) in [6, 6.07) is 5.98. The summed E-state index contributed by atoms with van der Waals surface area (Å²) in [6.45, 7) is 4.37. The van der Waals surface area contributed by atoms with Crippen molar-refractivity contribution >= 4 is 0 Å². The molecular weight excluding hydrogens is 250 g/mol. The molecule has 0 aromatic heterocycles. The second kappa shape index (κ2) is 5.75. The summed E-state index contributed by atoms with van der Waals surface area (Å²) >= 11 is 0. The maximum atomic E-state index is 9.03. The molecule has 0 aliphatic carbocycles. The van der Waals surface area contributed by atoms with Crippen LogP contribution >= 0.6 is 0 Å². The van der Waals surface area contributed by atoms with E-state index >= 15 is 0 Å². The third kappa shape index (κ3) is 3.16. The van der Waals surface area contributed by atoms with Crippen molar-refractivity contribution in [2.45, 2.75) is 38.8 Å². The van der Waals surface area contributed by atoms with Gasteiger partial charge in [0, 0.05) is 19.3 Å². The topological polar surface area (TPSA) is 57.7 Å². The van der Waals surface area contributed by atoms with Crippen LogP contribution in [0.5, 0.6) is 5.75 Å². The molecule has 20 heavy (non-hydrogen) atoms.